The number of aliphatic carboxylic acids is 1. The number of likely N-dealkylation sites (N-methyl/N-ethyl adjacent to an activating group) is 1. The molecule has 2 saturated heterocycles. The standard InChI is InChI=1S/C66H96ClN9O18/c1-39-13-11-17-53(88-8)66(86)37-52(92-64(85)71-66)40(2)60-65(4,94-60)54(36-57(79)75(6)50-34-43(33-39)35-51(87-7)59(50)67)93-62(83)41(3)74(5)56(78)25-29-89-31-32-90-30-27-69-61(82)48(21-23-58(80)81)70-63(84)91-38-46-44-18-20-47-49(22-19-45(44)46)76(73-72-47)28-24-55(77)68-26-10-9-14-42-15-12-16-42/h11,13,17,34-35,40-42,44-46,48,52-54,60,86H,9-10,12,14-16,18-33,36-38H2,1-8H3,(H,68,77)(H,69,82)(H,70,84)(H,71,85)(H,80,81)/b17-11+,39-13+/t40-,41-,44-,45+,46?,48?,52+,53-,54+,60+,65+,66+/m1/s1. The Morgan fingerprint density at radius 2 is 1.71 bits per heavy atom. The van der Waals surface area contributed by atoms with Crippen LogP contribution in [0.2, 0.25) is 5.02 Å². The number of allylic oxidation sites excluding steroid dienone is 3. The molecule has 12 atom stereocenters. The van der Waals surface area contributed by atoms with Crippen LogP contribution in [-0.2, 0) is 87.7 Å². The molecule has 6 N–H and O–H groups in total. The largest absolute Gasteiger partial charge is 0.495 e. The average Bonchev–Trinajstić information content (AvgIpc) is 1.57. The second-order valence-corrected chi connectivity index (χ2v) is 26.4. The van der Waals surface area contributed by atoms with Crippen molar-refractivity contribution in [2.45, 2.75) is 191 Å². The second kappa shape index (κ2) is 33.7. The molecule has 2 unspecified atom stereocenters. The maximum absolute atomic E-state index is 14.4. The van der Waals surface area contributed by atoms with Crippen LogP contribution in [0.25, 0.3) is 0 Å². The lowest BCUT2D eigenvalue weighted by molar-refractivity contribution is -0.162. The van der Waals surface area contributed by atoms with Crippen molar-refractivity contribution in [3.8, 4) is 5.75 Å². The number of rotatable bonds is 29. The van der Waals surface area contributed by atoms with Gasteiger partial charge in [-0.25, -0.2) is 19.1 Å². The number of hydrogen-bond acceptors (Lipinski definition) is 19. The van der Waals surface area contributed by atoms with Crippen LogP contribution < -0.4 is 30.9 Å². The van der Waals surface area contributed by atoms with Gasteiger partial charge in [-0.3, -0.25) is 29.3 Å². The van der Waals surface area contributed by atoms with E-state index in [1.165, 1.54) is 63.7 Å². The van der Waals surface area contributed by atoms with E-state index < -0.39 is 102 Å². The first-order chi connectivity index (χ1) is 44.9. The molecule has 520 valence electrons. The number of hydrogen-bond donors (Lipinski definition) is 6. The summed E-state index contributed by atoms with van der Waals surface area (Å²) in [6, 6.07) is 1.20. The number of aliphatic hydroxyl groups is 1. The van der Waals surface area contributed by atoms with Crippen LogP contribution in [0.3, 0.4) is 0 Å². The highest BCUT2D eigenvalue weighted by atomic mass is 35.5. The van der Waals surface area contributed by atoms with Crippen molar-refractivity contribution < 1.29 is 86.5 Å². The zero-order valence-electron chi connectivity index (χ0n) is 55.5. The summed E-state index contributed by atoms with van der Waals surface area (Å²) in [5.41, 5.74) is 0.755. The molecule has 4 heterocycles. The smallest absolute Gasteiger partial charge is 0.409 e. The molecule has 3 aliphatic heterocycles. The highest BCUT2D eigenvalue weighted by molar-refractivity contribution is 6.35. The number of carbonyl (C=O) groups excluding carboxylic acids is 7. The molecule has 6 amide bonds. The Hall–Kier alpha value is -6.91. The summed E-state index contributed by atoms with van der Waals surface area (Å²) in [4.78, 5) is 108. The number of ether oxygens (including phenoxy) is 8. The van der Waals surface area contributed by atoms with Crippen molar-refractivity contribution in [2.75, 3.05) is 79.3 Å². The van der Waals surface area contributed by atoms with Gasteiger partial charge in [-0.15, -0.1) is 5.10 Å². The van der Waals surface area contributed by atoms with Crippen molar-refractivity contribution in [2.24, 2.45) is 29.6 Å². The van der Waals surface area contributed by atoms with Gasteiger partial charge in [-0.1, -0.05) is 79.6 Å². The summed E-state index contributed by atoms with van der Waals surface area (Å²) in [5, 5.41) is 41.0. The fraction of sp³-hybridized carbons (Fsp3) is 0.697. The number of epoxide rings is 1. The lowest BCUT2D eigenvalue weighted by Gasteiger charge is -2.42. The molecule has 27 nitrogen and oxygen atoms in total. The van der Waals surface area contributed by atoms with Crippen molar-refractivity contribution >= 4 is 65.0 Å². The van der Waals surface area contributed by atoms with Gasteiger partial charge in [0.1, 0.15) is 46.8 Å². The molecule has 3 aliphatic carbocycles. The molecule has 4 fully saturated rings. The van der Waals surface area contributed by atoms with E-state index in [1.807, 2.05) is 17.7 Å². The molecule has 1 aromatic heterocycles. The van der Waals surface area contributed by atoms with E-state index >= 15 is 0 Å². The number of carboxylic acids is 1. The van der Waals surface area contributed by atoms with E-state index in [4.69, 9.17) is 49.5 Å². The van der Waals surface area contributed by atoms with Crippen LogP contribution in [0.1, 0.15) is 135 Å². The highest BCUT2D eigenvalue weighted by Gasteiger charge is 2.64. The first-order valence-electron chi connectivity index (χ1n) is 33.0. The minimum absolute atomic E-state index is 0.0106. The Bertz CT molecular complexity index is 3070. The molecule has 0 spiro atoms. The Morgan fingerprint density at radius 3 is 2.43 bits per heavy atom. The maximum Gasteiger partial charge on any atom is 0.409 e. The summed E-state index contributed by atoms with van der Waals surface area (Å²) in [5.74, 6) is -2.14. The number of aryl methyl sites for hydroxylation is 2. The quantitative estimate of drug-likeness (QED) is 0.0253. The number of alkyl carbamates (subject to hydrolysis) is 2. The molecule has 94 heavy (non-hydrogen) atoms. The number of unbranched alkanes of at least 4 members (excludes halogenated alkanes) is 1. The molecule has 8 rings (SSSR count). The van der Waals surface area contributed by atoms with Gasteiger partial charge in [0, 0.05) is 59.5 Å². The number of carboxylic acid groups (broad SMARTS) is 1. The third-order valence-corrected chi connectivity index (χ3v) is 19.9. The summed E-state index contributed by atoms with van der Waals surface area (Å²) in [6.07, 6.45) is 9.73. The van der Waals surface area contributed by atoms with Crippen molar-refractivity contribution in [3.63, 3.8) is 0 Å². The van der Waals surface area contributed by atoms with Gasteiger partial charge < -0.3 is 73.9 Å². The van der Waals surface area contributed by atoms with Gasteiger partial charge >= 0.3 is 24.1 Å². The SMILES string of the molecule is COc1cc2cc(c1Cl)N(C)C(=O)C[C@H](OC(=O)[C@@H](C)N(C)C(=O)CCOCCOCCNC(=O)C(CCC(=O)O)NC(=O)OCC1[C@H]3CCc4c(nnn4CCC(=O)NCCCCC4CCC4)CC[C@@H]13)[C@]1(C)O[C@H]1[C@H](C)[C@@H]1C[C@@](O)(NC(=O)O1)[C@H](OC)/C=C/C=C(\C)C2. The number of benzene rings is 1. The van der Waals surface area contributed by atoms with Crippen molar-refractivity contribution in [3.05, 3.63) is 57.9 Å². The third-order valence-electron chi connectivity index (χ3n) is 19.6. The molecule has 28 heteroatoms. The maximum atomic E-state index is 14.4. The van der Waals surface area contributed by atoms with E-state index in [9.17, 15) is 48.6 Å². The highest BCUT2D eigenvalue weighted by Crippen LogP contribution is 2.53. The monoisotopic (exact) mass is 1340 g/mol. The topological polar surface area (TPSA) is 339 Å². The van der Waals surface area contributed by atoms with E-state index in [-0.39, 0.29) is 82.1 Å². The first kappa shape index (κ1) is 72.9. The molecule has 0 radical (unpaired) electrons. The molecule has 1 aromatic carbocycles. The number of carbonyl (C=O) groups is 8. The van der Waals surface area contributed by atoms with Gasteiger partial charge in [0.15, 0.2) is 5.72 Å². The Morgan fingerprint density at radius 1 is 0.968 bits per heavy atom. The predicted molar refractivity (Wildman–Crippen MR) is 341 cm³/mol. The second-order valence-electron chi connectivity index (χ2n) is 26.1. The summed E-state index contributed by atoms with van der Waals surface area (Å²) >= 11 is 6.83. The molecule has 6 aliphatic rings. The third kappa shape index (κ3) is 19.4. The first-order valence-corrected chi connectivity index (χ1v) is 33.4. The van der Waals surface area contributed by atoms with Crippen LogP contribution in [0.5, 0.6) is 5.75 Å². The number of amides is 6. The fourth-order valence-electron chi connectivity index (χ4n) is 13.3. The van der Waals surface area contributed by atoms with E-state index in [1.54, 1.807) is 45.2 Å². The average molecular weight is 1340 g/mol. The van der Waals surface area contributed by atoms with Gasteiger partial charge in [-0.2, -0.15) is 0 Å². The minimum atomic E-state index is -1.89. The Labute approximate surface area is 554 Å². The van der Waals surface area contributed by atoms with Gasteiger partial charge in [0.2, 0.25) is 23.6 Å². The summed E-state index contributed by atoms with van der Waals surface area (Å²) in [6.45, 7) is 8.32. The number of nitrogens with one attached hydrogen (secondary N) is 4. The van der Waals surface area contributed by atoms with Crippen LogP contribution in [0.15, 0.2) is 35.9 Å². The molecule has 4 bridgehead atoms. The number of halogens is 1. The lowest BCUT2D eigenvalue weighted by Crippen LogP contribution is -2.63. The Balaban J connectivity index is 0.750. The van der Waals surface area contributed by atoms with Crippen LogP contribution >= 0.6 is 11.6 Å². The number of aromatic nitrogens is 3. The lowest BCUT2D eigenvalue weighted by atomic mass is 9.82. The molecular formula is C66H96ClN9O18. The molecule has 2 aromatic rings. The van der Waals surface area contributed by atoms with Crippen molar-refractivity contribution in [1.82, 2.24) is 41.2 Å². The molecule has 2 saturated carbocycles. The number of anilines is 1. The van der Waals surface area contributed by atoms with Crippen LogP contribution in [-0.4, -0.2) is 200 Å². The van der Waals surface area contributed by atoms with Gasteiger partial charge in [0.05, 0.1) is 82.7 Å². The van der Waals surface area contributed by atoms with Gasteiger partial charge in [-0.05, 0) is 107 Å². The zero-order chi connectivity index (χ0) is 67.9. The van der Waals surface area contributed by atoms with Crippen LogP contribution in [0, 0.1) is 29.6 Å². The minimum Gasteiger partial charge on any atom is -0.495 e. The van der Waals surface area contributed by atoms with Crippen molar-refractivity contribution in [1.29, 1.82) is 0 Å². The number of methoxy groups -OCH3 is 2. The fourth-order valence-corrected chi connectivity index (χ4v) is 13.6. The van der Waals surface area contributed by atoms with Crippen LogP contribution in [0.4, 0.5) is 15.3 Å². The van der Waals surface area contributed by atoms with Gasteiger partial charge in [0.25, 0.3) is 0 Å². The summed E-state index contributed by atoms with van der Waals surface area (Å²) in [7, 11) is 5.85. The molecular weight excluding hydrogens is 1240 g/mol. The normalized spacial score (nSPS) is 27.4. The number of nitrogens with zero attached hydrogens (tertiary/aromatic N) is 5. The van der Waals surface area contributed by atoms with E-state index in [0.29, 0.717) is 49.2 Å². The zero-order valence-corrected chi connectivity index (χ0v) is 56.2. The number of fused-ring (bicyclic) bond motifs is 7. The summed E-state index contributed by atoms with van der Waals surface area (Å²) < 4.78 is 48.2. The predicted octanol–water partition coefficient (Wildman–Crippen LogP) is 5.52. The van der Waals surface area contributed by atoms with E-state index in [0.717, 1.165) is 67.0 Å². The number of esters is 1. The van der Waals surface area contributed by atoms with E-state index in [2.05, 4.69) is 31.6 Å². The Kier molecular flexibility index (Phi) is 26.1.